The van der Waals surface area contributed by atoms with Crippen LogP contribution >= 0.6 is 11.6 Å². The summed E-state index contributed by atoms with van der Waals surface area (Å²) in [7, 11) is 0. The van der Waals surface area contributed by atoms with Gasteiger partial charge in [-0.05, 0) is 12.1 Å². The fourth-order valence-electron chi connectivity index (χ4n) is 1.51. The Balaban J connectivity index is 2.31. The predicted molar refractivity (Wildman–Crippen MR) is 51.1 cm³/mol. The average molecular weight is 213 g/mol. The van der Waals surface area contributed by atoms with E-state index in [2.05, 4.69) is 4.98 Å². The van der Waals surface area contributed by atoms with E-state index in [0.29, 0.717) is 29.5 Å². The van der Waals surface area contributed by atoms with E-state index in [4.69, 9.17) is 16.7 Å². The summed E-state index contributed by atoms with van der Waals surface area (Å²) in [6, 6.07) is 3.27. The minimum absolute atomic E-state index is 0.0343. The second kappa shape index (κ2) is 3.55. The lowest BCUT2D eigenvalue weighted by molar-refractivity contribution is 0.0745. The monoisotopic (exact) mass is 212 g/mol. The molecule has 0 aliphatic carbocycles. The van der Waals surface area contributed by atoms with Crippen molar-refractivity contribution in [1.82, 2.24) is 9.88 Å². The molecular weight excluding hydrogens is 204 g/mol. The number of amides is 1. The molecule has 1 aliphatic rings. The van der Waals surface area contributed by atoms with Crippen molar-refractivity contribution >= 4 is 17.5 Å². The zero-order valence-electron chi connectivity index (χ0n) is 7.40. The van der Waals surface area contributed by atoms with Crippen molar-refractivity contribution in [2.45, 2.75) is 6.54 Å². The topological polar surface area (TPSA) is 53.4 Å². The zero-order chi connectivity index (χ0) is 10.1. The van der Waals surface area contributed by atoms with Gasteiger partial charge in [-0.1, -0.05) is 11.6 Å². The van der Waals surface area contributed by atoms with Gasteiger partial charge in [0.25, 0.3) is 5.91 Å². The molecule has 0 saturated carbocycles. The molecule has 0 unspecified atom stereocenters. The molecule has 74 valence electrons. The number of pyridine rings is 1. The standard InChI is InChI=1S/C9H9ClN2O2/c10-8-2-1-6-7(11-8)5-12(3-4-13)9(6)14/h1-2,13H,3-5H2. The lowest BCUT2D eigenvalue weighted by atomic mass is 10.2. The molecule has 2 heterocycles. The summed E-state index contributed by atoms with van der Waals surface area (Å²) in [5.74, 6) is -0.0850. The summed E-state index contributed by atoms with van der Waals surface area (Å²) in [5.41, 5.74) is 1.28. The fourth-order valence-corrected chi connectivity index (χ4v) is 1.68. The minimum atomic E-state index is -0.0850. The van der Waals surface area contributed by atoms with Crippen LogP contribution in [0.4, 0.5) is 0 Å². The summed E-state index contributed by atoms with van der Waals surface area (Å²) < 4.78 is 0. The van der Waals surface area contributed by atoms with Gasteiger partial charge < -0.3 is 10.0 Å². The number of carbonyl (C=O) groups is 1. The second-order valence-corrected chi connectivity index (χ2v) is 3.47. The first-order valence-electron chi connectivity index (χ1n) is 4.28. The fraction of sp³-hybridized carbons (Fsp3) is 0.333. The largest absolute Gasteiger partial charge is 0.395 e. The van der Waals surface area contributed by atoms with Gasteiger partial charge in [-0.2, -0.15) is 0 Å². The third kappa shape index (κ3) is 1.47. The lowest BCUT2D eigenvalue weighted by Gasteiger charge is -2.12. The quantitative estimate of drug-likeness (QED) is 0.734. The third-order valence-electron chi connectivity index (χ3n) is 2.17. The highest BCUT2D eigenvalue weighted by Crippen LogP contribution is 2.22. The molecule has 0 aromatic carbocycles. The molecule has 1 N–H and O–H groups in total. The average Bonchev–Trinajstić information content (AvgIpc) is 2.44. The molecule has 1 aromatic rings. The van der Waals surface area contributed by atoms with Crippen molar-refractivity contribution in [2.24, 2.45) is 0 Å². The van der Waals surface area contributed by atoms with Crippen molar-refractivity contribution in [3.63, 3.8) is 0 Å². The Labute approximate surface area is 86.1 Å². The molecule has 5 heteroatoms. The van der Waals surface area contributed by atoms with E-state index in [-0.39, 0.29) is 12.5 Å². The number of fused-ring (bicyclic) bond motifs is 1. The number of hydrogen-bond acceptors (Lipinski definition) is 3. The van der Waals surface area contributed by atoms with Gasteiger partial charge in [0.05, 0.1) is 24.4 Å². The highest BCUT2D eigenvalue weighted by molar-refractivity contribution is 6.29. The Kier molecular flexibility index (Phi) is 2.39. The van der Waals surface area contributed by atoms with Gasteiger partial charge in [-0.15, -0.1) is 0 Å². The summed E-state index contributed by atoms with van der Waals surface area (Å²) in [5, 5.41) is 9.13. The number of nitrogens with zero attached hydrogens (tertiary/aromatic N) is 2. The zero-order valence-corrected chi connectivity index (χ0v) is 8.16. The molecule has 1 aromatic heterocycles. The van der Waals surface area contributed by atoms with Crippen LogP contribution in [0.2, 0.25) is 5.15 Å². The molecule has 0 saturated heterocycles. The molecule has 14 heavy (non-hydrogen) atoms. The molecule has 0 atom stereocenters. The molecule has 2 rings (SSSR count). The number of hydrogen-bond donors (Lipinski definition) is 1. The molecule has 1 amide bonds. The Bertz CT molecular complexity index is 381. The summed E-state index contributed by atoms with van der Waals surface area (Å²) >= 11 is 5.71. The van der Waals surface area contributed by atoms with Crippen molar-refractivity contribution < 1.29 is 9.90 Å². The highest BCUT2D eigenvalue weighted by atomic mass is 35.5. The van der Waals surface area contributed by atoms with Crippen LogP contribution < -0.4 is 0 Å². The number of aliphatic hydroxyl groups is 1. The number of carbonyl (C=O) groups excluding carboxylic acids is 1. The van der Waals surface area contributed by atoms with Gasteiger partial charge in [0.15, 0.2) is 0 Å². The van der Waals surface area contributed by atoms with E-state index in [0.717, 1.165) is 0 Å². The Hall–Kier alpha value is -1.13. The minimum Gasteiger partial charge on any atom is -0.395 e. The molecule has 1 aliphatic heterocycles. The number of aliphatic hydroxyl groups excluding tert-OH is 1. The van der Waals surface area contributed by atoms with Crippen LogP contribution in [-0.4, -0.2) is 34.0 Å². The van der Waals surface area contributed by atoms with Crippen LogP contribution in [0.15, 0.2) is 12.1 Å². The van der Waals surface area contributed by atoms with E-state index in [9.17, 15) is 4.79 Å². The van der Waals surface area contributed by atoms with Crippen molar-refractivity contribution in [2.75, 3.05) is 13.2 Å². The first kappa shape index (κ1) is 9.43. The summed E-state index contributed by atoms with van der Waals surface area (Å²) in [4.78, 5) is 17.2. The van der Waals surface area contributed by atoms with Gasteiger partial charge in [-0.3, -0.25) is 4.79 Å². The molecular formula is C9H9ClN2O2. The maximum absolute atomic E-state index is 11.6. The van der Waals surface area contributed by atoms with E-state index >= 15 is 0 Å². The number of β-amino-alcohol motifs (C(OH)–C–C–N with tert-alkyl or cyclic N) is 1. The first-order valence-corrected chi connectivity index (χ1v) is 4.65. The van der Waals surface area contributed by atoms with Gasteiger partial charge >= 0.3 is 0 Å². The van der Waals surface area contributed by atoms with Crippen LogP contribution in [-0.2, 0) is 6.54 Å². The summed E-state index contributed by atoms with van der Waals surface area (Å²) in [6.07, 6.45) is 0. The Morgan fingerprint density at radius 3 is 3.07 bits per heavy atom. The first-order chi connectivity index (χ1) is 6.72. The van der Waals surface area contributed by atoms with Gasteiger partial charge in [-0.25, -0.2) is 4.98 Å². The molecule has 0 bridgehead atoms. The summed E-state index contributed by atoms with van der Waals surface area (Å²) in [6.45, 7) is 0.746. The van der Waals surface area contributed by atoms with Gasteiger partial charge in [0.2, 0.25) is 0 Å². The van der Waals surface area contributed by atoms with Gasteiger partial charge in [0.1, 0.15) is 5.15 Å². The van der Waals surface area contributed by atoms with E-state index < -0.39 is 0 Å². The maximum Gasteiger partial charge on any atom is 0.256 e. The van der Waals surface area contributed by atoms with Gasteiger partial charge in [0, 0.05) is 6.54 Å². The van der Waals surface area contributed by atoms with Crippen molar-refractivity contribution in [3.8, 4) is 0 Å². The Morgan fingerprint density at radius 2 is 2.36 bits per heavy atom. The van der Waals surface area contributed by atoms with Crippen LogP contribution in [0, 0.1) is 0 Å². The molecule has 4 nitrogen and oxygen atoms in total. The number of rotatable bonds is 2. The van der Waals surface area contributed by atoms with E-state index in [1.54, 1.807) is 17.0 Å². The van der Waals surface area contributed by atoms with Crippen LogP contribution in [0.3, 0.4) is 0 Å². The lowest BCUT2D eigenvalue weighted by Crippen LogP contribution is -2.26. The molecule has 0 fully saturated rings. The third-order valence-corrected chi connectivity index (χ3v) is 2.38. The van der Waals surface area contributed by atoms with Crippen molar-refractivity contribution in [3.05, 3.63) is 28.5 Å². The molecule has 0 spiro atoms. The molecule has 0 radical (unpaired) electrons. The van der Waals surface area contributed by atoms with E-state index in [1.807, 2.05) is 0 Å². The second-order valence-electron chi connectivity index (χ2n) is 3.08. The maximum atomic E-state index is 11.6. The van der Waals surface area contributed by atoms with Crippen LogP contribution in [0.5, 0.6) is 0 Å². The smallest absolute Gasteiger partial charge is 0.256 e. The van der Waals surface area contributed by atoms with Crippen molar-refractivity contribution in [1.29, 1.82) is 0 Å². The SMILES string of the molecule is O=C1c2ccc(Cl)nc2CN1CCO. The predicted octanol–water partition coefficient (Wildman–Crippen LogP) is 0.683. The number of halogens is 1. The Morgan fingerprint density at radius 1 is 1.57 bits per heavy atom. The van der Waals surface area contributed by atoms with E-state index in [1.165, 1.54) is 0 Å². The number of aromatic nitrogens is 1. The normalized spacial score (nSPS) is 14.7. The highest BCUT2D eigenvalue weighted by Gasteiger charge is 2.27. The van der Waals surface area contributed by atoms with Crippen LogP contribution in [0.1, 0.15) is 16.1 Å². The van der Waals surface area contributed by atoms with Crippen LogP contribution in [0.25, 0.3) is 0 Å².